The summed E-state index contributed by atoms with van der Waals surface area (Å²) in [6.45, 7) is 1.75. The van der Waals surface area contributed by atoms with Crippen LogP contribution in [0.1, 0.15) is 5.69 Å². The number of fused-ring (bicyclic) bond motifs is 1. The van der Waals surface area contributed by atoms with E-state index in [-0.39, 0.29) is 18.3 Å². The molecule has 0 radical (unpaired) electrons. The first-order chi connectivity index (χ1) is 11.1. The number of hydrogen-bond acceptors (Lipinski definition) is 3. The molecule has 4 nitrogen and oxygen atoms in total. The third-order valence-electron chi connectivity index (χ3n) is 3.31. The summed E-state index contributed by atoms with van der Waals surface area (Å²) in [5.74, 6) is -0.113. The van der Waals surface area contributed by atoms with Gasteiger partial charge in [0.05, 0.1) is 0 Å². The second-order valence-corrected chi connectivity index (χ2v) is 5.12. The second-order valence-electron chi connectivity index (χ2n) is 5.12. The van der Waals surface area contributed by atoms with Crippen LogP contribution in [-0.2, 0) is 4.79 Å². The van der Waals surface area contributed by atoms with E-state index in [1.165, 1.54) is 24.3 Å². The maximum Gasteiger partial charge on any atom is 0.262 e. The van der Waals surface area contributed by atoms with Crippen LogP contribution >= 0.6 is 0 Å². The van der Waals surface area contributed by atoms with Crippen LogP contribution in [0.15, 0.2) is 54.6 Å². The van der Waals surface area contributed by atoms with Gasteiger partial charge < -0.3 is 10.1 Å². The van der Waals surface area contributed by atoms with Crippen molar-refractivity contribution in [2.75, 3.05) is 11.9 Å². The minimum atomic E-state index is -0.351. The molecule has 0 fully saturated rings. The van der Waals surface area contributed by atoms with Gasteiger partial charge in [-0.25, -0.2) is 9.37 Å². The van der Waals surface area contributed by atoms with Crippen molar-refractivity contribution in [3.05, 3.63) is 66.1 Å². The molecule has 1 amide bonds. The van der Waals surface area contributed by atoms with Crippen molar-refractivity contribution < 1.29 is 13.9 Å². The number of halogens is 1. The number of nitrogens with one attached hydrogen (secondary N) is 1. The van der Waals surface area contributed by atoms with E-state index in [1.54, 1.807) is 6.07 Å². The highest BCUT2D eigenvalue weighted by Gasteiger charge is 2.08. The molecule has 3 aromatic rings. The van der Waals surface area contributed by atoms with Gasteiger partial charge in [-0.05, 0) is 43.3 Å². The van der Waals surface area contributed by atoms with Gasteiger partial charge in [0.15, 0.2) is 6.61 Å². The molecule has 1 N–H and O–H groups in total. The Morgan fingerprint density at radius 1 is 1.13 bits per heavy atom. The molecule has 1 heterocycles. The third-order valence-corrected chi connectivity index (χ3v) is 3.31. The van der Waals surface area contributed by atoms with E-state index in [9.17, 15) is 9.18 Å². The van der Waals surface area contributed by atoms with Crippen LogP contribution in [-0.4, -0.2) is 17.5 Å². The summed E-state index contributed by atoms with van der Waals surface area (Å²) >= 11 is 0. The first-order valence-electron chi connectivity index (χ1n) is 7.16. The maximum absolute atomic E-state index is 12.8. The van der Waals surface area contributed by atoms with Crippen LogP contribution in [0.4, 0.5) is 10.1 Å². The summed E-state index contributed by atoms with van der Waals surface area (Å²) in [5.41, 5.74) is 2.12. The Labute approximate surface area is 132 Å². The lowest BCUT2D eigenvalue weighted by Gasteiger charge is -2.09. The number of carbonyl (C=O) groups is 1. The molecule has 0 saturated carbocycles. The Balaban J connectivity index is 1.69. The Hall–Kier alpha value is -2.95. The average molecular weight is 310 g/mol. The minimum Gasteiger partial charge on any atom is -0.481 e. The number of carbonyl (C=O) groups excluding carboxylic acids is 1. The minimum absolute atomic E-state index is 0.147. The topological polar surface area (TPSA) is 51.2 Å². The normalized spacial score (nSPS) is 10.5. The number of amides is 1. The monoisotopic (exact) mass is 310 g/mol. The van der Waals surface area contributed by atoms with Gasteiger partial charge in [0.1, 0.15) is 17.1 Å². The summed E-state index contributed by atoms with van der Waals surface area (Å²) in [7, 11) is 0. The Morgan fingerprint density at radius 3 is 2.70 bits per heavy atom. The van der Waals surface area contributed by atoms with E-state index < -0.39 is 0 Å². The molecule has 2 aromatic carbocycles. The van der Waals surface area contributed by atoms with E-state index in [1.807, 2.05) is 31.2 Å². The van der Waals surface area contributed by atoms with Gasteiger partial charge in [-0.15, -0.1) is 0 Å². The van der Waals surface area contributed by atoms with Crippen LogP contribution in [0, 0.1) is 12.7 Å². The number of benzene rings is 2. The first-order valence-corrected chi connectivity index (χ1v) is 7.16. The molecule has 0 unspecified atom stereocenters. The van der Waals surface area contributed by atoms with Crippen LogP contribution < -0.4 is 10.1 Å². The highest BCUT2D eigenvalue weighted by atomic mass is 19.1. The van der Waals surface area contributed by atoms with Crippen molar-refractivity contribution in [1.82, 2.24) is 4.98 Å². The highest BCUT2D eigenvalue weighted by molar-refractivity contribution is 5.92. The lowest BCUT2D eigenvalue weighted by Crippen LogP contribution is -2.20. The summed E-state index contributed by atoms with van der Waals surface area (Å²) in [4.78, 5) is 16.4. The standard InChI is InChI=1S/C18H15FN2O2/c1-12-5-6-13-3-2-4-16(18(13)20-12)23-11-17(22)21-15-9-7-14(19)8-10-15/h2-10H,11H2,1H3,(H,21,22). The van der Waals surface area contributed by atoms with E-state index in [0.29, 0.717) is 11.4 Å². The number of para-hydroxylation sites is 1. The van der Waals surface area contributed by atoms with Gasteiger partial charge in [0, 0.05) is 16.8 Å². The van der Waals surface area contributed by atoms with Crippen LogP contribution in [0.3, 0.4) is 0 Å². The number of aromatic nitrogens is 1. The molecule has 0 aliphatic carbocycles. The van der Waals surface area contributed by atoms with E-state index in [4.69, 9.17) is 4.74 Å². The molecule has 23 heavy (non-hydrogen) atoms. The lowest BCUT2D eigenvalue weighted by atomic mass is 10.2. The smallest absolute Gasteiger partial charge is 0.262 e. The van der Waals surface area contributed by atoms with Gasteiger partial charge in [0.25, 0.3) is 5.91 Å². The summed E-state index contributed by atoms with van der Waals surface area (Å²) in [5, 5.41) is 3.60. The zero-order chi connectivity index (χ0) is 16.2. The number of anilines is 1. The molecule has 0 aliphatic rings. The van der Waals surface area contributed by atoms with Gasteiger partial charge >= 0.3 is 0 Å². The average Bonchev–Trinajstić information content (AvgIpc) is 2.55. The highest BCUT2D eigenvalue weighted by Crippen LogP contribution is 2.23. The Bertz CT molecular complexity index is 847. The fourth-order valence-electron chi connectivity index (χ4n) is 2.21. The van der Waals surface area contributed by atoms with Gasteiger partial charge in [-0.3, -0.25) is 4.79 Å². The van der Waals surface area contributed by atoms with E-state index in [2.05, 4.69) is 10.3 Å². The van der Waals surface area contributed by atoms with Crippen molar-refractivity contribution >= 4 is 22.5 Å². The molecule has 3 rings (SSSR count). The summed E-state index contributed by atoms with van der Waals surface area (Å²) in [6.07, 6.45) is 0. The molecule has 116 valence electrons. The molecule has 0 spiro atoms. The summed E-state index contributed by atoms with van der Waals surface area (Å²) < 4.78 is 18.4. The fourth-order valence-corrected chi connectivity index (χ4v) is 2.21. The predicted molar refractivity (Wildman–Crippen MR) is 87.0 cm³/mol. The van der Waals surface area contributed by atoms with Crippen molar-refractivity contribution in [3.63, 3.8) is 0 Å². The maximum atomic E-state index is 12.8. The lowest BCUT2D eigenvalue weighted by molar-refractivity contribution is -0.118. The molecule has 0 atom stereocenters. The zero-order valence-electron chi connectivity index (χ0n) is 12.5. The van der Waals surface area contributed by atoms with Crippen molar-refractivity contribution in [1.29, 1.82) is 0 Å². The number of ether oxygens (including phenoxy) is 1. The predicted octanol–water partition coefficient (Wildman–Crippen LogP) is 3.70. The van der Waals surface area contributed by atoms with E-state index >= 15 is 0 Å². The molecular formula is C18H15FN2O2. The first kappa shape index (κ1) is 15.0. The number of hydrogen-bond donors (Lipinski definition) is 1. The number of rotatable bonds is 4. The van der Waals surface area contributed by atoms with Gasteiger partial charge in [-0.1, -0.05) is 18.2 Å². The number of aryl methyl sites for hydroxylation is 1. The molecule has 0 saturated heterocycles. The molecule has 1 aromatic heterocycles. The summed E-state index contributed by atoms with van der Waals surface area (Å²) in [6, 6.07) is 15.0. The largest absolute Gasteiger partial charge is 0.481 e. The number of pyridine rings is 1. The van der Waals surface area contributed by atoms with Crippen molar-refractivity contribution in [3.8, 4) is 5.75 Å². The Morgan fingerprint density at radius 2 is 1.91 bits per heavy atom. The molecule has 5 heteroatoms. The zero-order valence-corrected chi connectivity index (χ0v) is 12.5. The second kappa shape index (κ2) is 6.44. The quantitative estimate of drug-likeness (QED) is 0.799. The SMILES string of the molecule is Cc1ccc2cccc(OCC(=O)Nc3ccc(F)cc3)c2n1. The van der Waals surface area contributed by atoms with Crippen molar-refractivity contribution in [2.45, 2.75) is 6.92 Å². The third kappa shape index (κ3) is 3.63. The van der Waals surface area contributed by atoms with Gasteiger partial charge in [-0.2, -0.15) is 0 Å². The van der Waals surface area contributed by atoms with Crippen molar-refractivity contribution in [2.24, 2.45) is 0 Å². The molecular weight excluding hydrogens is 295 g/mol. The van der Waals surface area contributed by atoms with Crippen LogP contribution in [0.2, 0.25) is 0 Å². The fraction of sp³-hybridized carbons (Fsp3) is 0.111. The van der Waals surface area contributed by atoms with Crippen LogP contribution in [0.25, 0.3) is 10.9 Å². The van der Waals surface area contributed by atoms with Gasteiger partial charge in [0.2, 0.25) is 0 Å². The molecule has 0 bridgehead atoms. The number of nitrogens with zero attached hydrogens (tertiary/aromatic N) is 1. The van der Waals surface area contributed by atoms with E-state index in [0.717, 1.165) is 16.6 Å². The Kier molecular flexibility index (Phi) is 4.19. The molecule has 0 aliphatic heterocycles. The van der Waals surface area contributed by atoms with Crippen LogP contribution in [0.5, 0.6) is 5.75 Å².